The van der Waals surface area contributed by atoms with Gasteiger partial charge in [-0.05, 0) is 37.4 Å². The lowest BCUT2D eigenvalue weighted by atomic mass is 10.0. The number of para-hydroxylation sites is 1. The van der Waals surface area contributed by atoms with E-state index in [2.05, 4.69) is 10.0 Å². The van der Waals surface area contributed by atoms with E-state index in [-0.39, 0.29) is 16.7 Å². The average Bonchev–Trinajstić information content (AvgIpc) is 3.20. The van der Waals surface area contributed by atoms with Gasteiger partial charge in [0.15, 0.2) is 0 Å². The molecule has 0 spiro atoms. The molecule has 1 aliphatic rings. The average molecular weight is 395 g/mol. The standard InChI is InChI=1S/C20H17N3O4S/c1-12(24)23-11-13(15-5-3-4-6-19(15)23)9-17-16-10-14(28(26,27)21-2)7-8-18(16)22-20(17)25/h3-11,21H,1-2H3,(H,22,25). The highest BCUT2D eigenvalue weighted by Gasteiger charge is 2.27. The Morgan fingerprint density at radius 2 is 1.93 bits per heavy atom. The van der Waals surface area contributed by atoms with Crippen molar-refractivity contribution in [2.45, 2.75) is 11.8 Å². The maximum Gasteiger partial charge on any atom is 0.256 e. The molecule has 0 fully saturated rings. The van der Waals surface area contributed by atoms with E-state index in [9.17, 15) is 18.0 Å². The van der Waals surface area contributed by atoms with E-state index in [1.54, 1.807) is 18.3 Å². The van der Waals surface area contributed by atoms with Crippen LogP contribution < -0.4 is 10.0 Å². The normalized spacial score (nSPS) is 15.1. The number of fused-ring (bicyclic) bond motifs is 2. The molecule has 1 aromatic heterocycles. The van der Waals surface area contributed by atoms with Gasteiger partial charge >= 0.3 is 0 Å². The number of aromatic nitrogens is 1. The molecular weight excluding hydrogens is 378 g/mol. The van der Waals surface area contributed by atoms with Crippen molar-refractivity contribution < 1.29 is 18.0 Å². The van der Waals surface area contributed by atoms with Crippen molar-refractivity contribution in [3.8, 4) is 0 Å². The Morgan fingerprint density at radius 1 is 1.18 bits per heavy atom. The number of benzene rings is 2. The number of rotatable bonds is 3. The second-order valence-electron chi connectivity index (χ2n) is 6.42. The van der Waals surface area contributed by atoms with Crippen molar-refractivity contribution in [2.24, 2.45) is 0 Å². The monoisotopic (exact) mass is 395 g/mol. The molecule has 2 N–H and O–H groups in total. The van der Waals surface area contributed by atoms with Gasteiger partial charge in [0.25, 0.3) is 5.91 Å². The number of hydrogen-bond donors (Lipinski definition) is 2. The number of amides is 1. The van der Waals surface area contributed by atoms with Gasteiger partial charge in [-0.3, -0.25) is 14.2 Å². The number of hydrogen-bond acceptors (Lipinski definition) is 4. The van der Waals surface area contributed by atoms with Crippen molar-refractivity contribution in [2.75, 3.05) is 12.4 Å². The van der Waals surface area contributed by atoms with Crippen LogP contribution >= 0.6 is 0 Å². The van der Waals surface area contributed by atoms with Crippen LogP contribution in [0.4, 0.5) is 5.69 Å². The van der Waals surface area contributed by atoms with Crippen LogP contribution in [0.15, 0.2) is 53.6 Å². The predicted octanol–water partition coefficient (Wildman–Crippen LogP) is 2.70. The fourth-order valence-electron chi connectivity index (χ4n) is 3.33. The second-order valence-corrected chi connectivity index (χ2v) is 8.30. The summed E-state index contributed by atoms with van der Waals surface area (Å²) in [7, 11) is -2.31. The lowest BCUT2D eigenvalue weighted by Gasteiger charge is -2.05. The third kappa shape index (κ3) is 2.83. The first-order valence-corrected chi connectivity index (χ1v) is 10.0. The van der Waals surface area contributed by atoms with Crippen LogP contribution in [-0.2, 0) is 14.8 Å². The number of nitrogens with zero attached hydrogens (tertiary/aromatic N) is 1. The van der Waals surface area contributed by atoms with Gasteiger partial charge in [-0.15, -0.1) is 0 Å². The molecule has 3 aromatic rings. The summed E-state index contributed by atoms with van der Waals surface area (Å²) in [6.45, 7) is 1.47. The van der Waals surface area contributed by atoms with Crippen LogP contribution in [0.1, 0.15) is 22.8 Å². The van der Waals surface area contributed by atoms with Crippen LogP contribution in [0.25, 0.3) is 22.6 Å². The Bertz CT molecular complexity index is 1290. The minimum absolute atomic E-state index is 0.0716. The summed E-state index contributed by atoms with van der Waals surface area (Å²) in [6.07, 6.45) is 3.36. The molecule has 1 aliphatic heterocycles. The zero-order valence-electron chi connectivity index (χ0n) is 15.2. The first kappa shape index (κ1) is 18.1. The molecule has 28 heavy (non-hydrogen) atoms. The molecule has 2 aromatic carbocycles. The van der Waals surface area contributed by atoms with Gasteiger partial charge in [0.05, 0.1) is 10.4 Å². The van der Waals surface area contributed by atoms with E-state index in [0.717, 1.165) is 10.9 Å². The molecule has 7 nitrogen and oxygen atoms in total. The molecule has 142 valence electrons. The molecule has 0 saturated carbocycles. The Morgan fingerprint density at radius 3 is 2.64 bits per heavy atom. The predicted molar refractivity (Wildman–Crippen MR) is 107 cm³/mol. The van der Waals surface area contributed by atoms with Gasteiger partial charge in [0, 0.05) is 40.9 Å². The summed E-state index contributed by atoms with van der Waals surface area (Å²) in [5, 5.41) is 3.57. The Hall–Kier alpha value is -3.23. The lowest BCUT2D eigenvalue weighted by Crippen LogP contribution is -2.18. The first-order valence-electron chi connectivity index (χ1n) is 8.54. The molecule has 0 aliphatic carbocycles. The molecule has 4 rings (SSSR count). The first-order chi connectivity index (χ1) is 13.3. The van der Waals surface area contributed by atoms with Crippen LogP contribution in [0.5, 0.6) is 0 Å². The summed E-state index contributed by atoms with van der Waals surface area (Å²) in [4.78, 5) is 24.5. The molecule has 1 amide bonds. The highest BCUT2D eigenvalue weighted by atomic mass is 32.2. The molecule has 0 saturated heterocycles. The zero-order chi connectivity index (χ0) is 20.1. The summed E-state index contributed by atoms with van der Waals surface area (Å²) >= 11 is 0. The summed E-state index contributed by atoms with van der Waals surface area (Å²) in [5.74, 6) is -0.465. The molecule has 0 atom stereocenters. The third-order valence-corrected chi connectivity index (χ3v) is 6.15. The fraction of sp³-hybridized carbons (Fsp3) is 0.100. The maximum absolute atomic E-state index is 12.5. The van der Waals surface area contributed by atoms with Crippen LogP contribution in [0.3, 0.4) is 0 Å². The van der Waals surface area contributed by atoms with E-state index in [1.807, 2.05) is 24.3 Å². The number of nitrogens with one attached hydrogen (secondary N) is 2. The fourth-order valence-corrected chi connectivity index (χ4v) is 4.09. The number of sulfonamides is 1. The largest absolute Gasteiger partial charge is 0.321 e. The molecular formula is C20H17N3O4S. The number of carbonyl (C=O) groups is 2. The van der Waals surface area contributed by atoms with Gasteiger partial charge < -0.3 is 5.32 Å². The molecule has 2 heterocycles. The SMILES string of the molecule is CNS(=O)(=O)c1ccc2c(c1)C(=Cc1cn(C(C)=O)c3ccccc13)C(=O)N2. The Kier molecular flexibility index (Phi) is 4.17. The summed E-state index contributed by atoms with van der Waals surface area (Å²) < 4.78 is 28.0. The van der Waals surface area contributed by atoms with Crippen molar-refractivity contribution in [3.05, 3.63) is 59.8 Å². The molecule has 0 unspecified atom stereocenters. The van der Waals surface area contributed by atoms with Crippen LogP contribution in [0.2, 0.25) is 0 Å². The Balaban J connectivity index is 1.92. The van der Waals surface area contributed by atoms with E-state index < -0.39 is 10.0 Å². The quantitative estimate of drug-likeness (QED) is 0.667. The Labute approximate surface area is 161 Å². The van der Waals surface area contributed by atoms with Gasteiger partial charge in [-0.1, -0.05) is 18.2 Å². The lowest BCUT2D eigenvalue weighted by molar-refractivity contribution is -0.110. The molecule has 0 radical (unpaired) electrons. The molecule has 0 bridgehead atoms. The van der Waals surface area contributed by atoms with Crippen molar-refractivity contribution in [1.82, 2.24) is 9.29 Å². The van der Waals surface area contributed by atoms with E-state index in [1.165, 1.54) is 30.7 Å². The number of anilines is 1. The third-order valence-electron chi connectivity index (χ3n) is 4.73. The highest BCUT2D eigenvalue weighted by Crippen LogP contribution is 2.36. The van der Waals surface area contributed by atoms with Crippen molar-refractivity contribution in [3.63, 3.8) is 0 Å². The van der Waals surface area contributed by atoms with Gasteiger partial charge in [-0.25, -0.2) is 13.1 Å². The van der Waals surface area contributed by atoms with Gasteiger partial charge in [0.2, 0.25) is 15.9 Å². The minimum Gasteiger partial charge on any atom is -0.321 e. The number of carbonyl (C=O) groups excluding carboxylic acids is 2. The van der Waals surface area contributed by atoms with Crippen LogP contribution in [-0.4, -0.2) is 31.8 Å². The minimum atomic E-state index is -3.64. The van der Waals surface area contributed by atoms with Crippen molar-refractivity contribution in [1.29, 1.82) is 0 Å². The summed E-state index contributed by atoms with van der Waals surface area (Å²) in [6, 6.07) is 11.9. The smallest absolute Gasteiger partial charge is 0.256 e. The maximum atomic E-state index is 12.5. The molecule has 8 heteroatoms. The topological polar surface area (TPSA) is 97.3 Å². The zero-order valence-corrected chi connectivity index (χ0v) is 16.0. The van der Waals surface area contributed by atoms with E-state index in [4.69, 9.17) is 0 Å². The van der Waals surface area contributed by atoms with E-state index in [0.29, 0.717) is 22.4 Å². The van der Waals surface area contributed by atoms with Gasteiger partial charge in [-0.2, -0.15) is 0 Å². The van der Waals surface area contributed by atoms with E-state index >= 15 is 0 Å². The van der Waals surface area contributed by atoms with Crippen LogP contribution in [0, 0.1) is 0 Å². The second kappa shape index (κ2) is 6.43. The van der Waals surface area contributed by atoms with Gasteiger partial charge in [0.1, 0.15) is 0 Å². The van der Waals surface area contributed by atoms with Crippen molar-refractivity contribution >= 4 is 50.1 Å². The summed E-state index contributed by atoms with van der Waals surface area (Å²) in [5.41, 5.74) is 2.83. The highest BCUT2D eigenvalue weighted by molar-refractivity contribution is 7.89.